The zero-order chi connectivity index (χ0) is 13.9. The predicted octanol–water partition coefficient (Wildman–Crippen LogP) is 2.26. The van der Waals surface area contributed by atoms with E-state index in [1.54, 1.807) is 11.1 Å². The summed E-state index contributed by atoms with van der Waals surface area (Å²) in [5.41, 5.74) is 1.74. The number of nitrogens with zero attached hydrogens (tertiary/aromatic N) is 2. The van der Waals surface area contributed by atoms with E-state index in [-0.39, 0.29) is 18.5 Å². The lowest BCUT2D eigenvalue weighted by molar-refractivity contribution is 0.0656. The molecule has 0 bridgehead atoms. The molecule has 20 heavy (non-hydrogen) atoms. The number of likely N-dealkylation sites (tertiary alicyclic amines) is 1. The van der Waals surface area contributed by atoms with Gasteiger partial charge < -0.3 is 10.2 Å². The fourth-order valence-electron chi connectivity index (χ4n) is 3.02. The van der Waals surface area contributed by atoms with Gasteiger partial charge in [0.25, 0.3) is 5.91 Å². The minimum atomic E-state index is -0.337. The summed E-state index contributed by atoms with van der Waals surface area (Å²) in [6.45, 7) is 1.86. The van der Waals surface area contributed by atoms with E-state index in [0.717, 1.165) is 50.2 Å². The number of anilines is 1. The molecule has 1 N–H and O–H groups in total. The fraction of sp³-hybridized carbons (Fsp3) is 0.600. The van der Waals surface area contributed by atoms with Crippen molar-refractivity contribution in [2.24, 2.45) is 5.92 Å². The molecule has 0 unspecified atom stereocenters. The zero-order valence-electron chi connectivity index (χ0n) is 11.6. The van der Waals surface area contributed by atoms with Gasteiger partial charge in [0.05, 0.1) is 12.2 Å². The second kappa shape index (κ2) is 5.77. The van der Waals surface area contributed by atoms with Gasteiger partial charge in [0, 0.05) is 31.7 Å². The van der Waals surface area contributed by atoms with Gasteiger partial charge in [-0.2, -0.15) is 0 Å². The van der Waals surface area contributed by atoms with Gasteiger partial charge in [-0.15, -0.1) is 0 Å². The smallest absolute Gasteiger partial charge is 0.255 e. The molecule has 0 spiro atoms. The third-order valence-corrected chi connectivity index (χ3v) is 4.15. The van der Waals surface area contributed by atoms with E-state index >= 15 is 0 Å². The molecule has 1 aromatic heterocycles. The lowest BCUT2D eigenvalue weighted by atomic mass is 9.98. The highest BCUT2D eigenvalue weighted by Crippen LogP contribution is 2.23. The van der Waals surface area contributed by atoms with Crippen LogP contribution in [0.15, 0.2) is 12.3 Å². The average molecular weight is 277 g/mol. The quantitative estimate of drug-likeness (QED) is 0.902. The van der Waals surface area contributed by atoms with Crippen molar-refractivity contribution >= 4 is 11.7 Å². The maximum Gasteiger partial charge on any atom is 0.255 e. The summed E-state index contributed by atoms with van der Waals surface area (Å²) < 4.78 is 12.8. The lowest BCUT2D eigenvalue weighted by Crippen LogP contribution is -2.40. The van der Waals surface area contributed by atoms with Crippen LogP contribution in [0.5, 0.6) is 0 Å². The van der Waals surface area contributed by atoms with Crippen molar-refractivity contribution in [3.8, 4) is 0 Å². The third kappa shape index (κ3) is 2.62. The Balaban J connectivity index is 1.76. The van der Waals surface area contributed by atoms with Crippen LogP contribution in [0.2, 0.25) is 0 Å². The van der Waals surface area contributed by atoms with E-state index in [1.165, 1.54) is 0 Å². The highest BCUT2D eigenvalue weighted by Gasteiger charge is 2.25. The standard InChI is InChI=1S/C15H20FN3O/c16-8-11-3-2-6-19(10-11)15(20)13-7-12-4-1-5-17-14(12)18-9-13/h7,9,11H,1-6,8,10H2,(H,17,18)/t11-/m0/s1. The van der Waals surface area contributed by atoms with Crippen LogP contribution >= 0.6 is 0 Å². The molecule has 3 heterocycles. The number of aryl methyl sites for hydroxylation is 1. The summed E-state index contributed by atoms with van der Waals surface area (Å²) in [7, 11) is 0. The van der Waals surface area contributed by atoms with E-state index in [4.69, 9.17) is 0 Å². The summed E-state index contributed by atoms with van der Waals surface area (Å²) in [5, 5.41) is 3.24. The number of fused-ring (bicyclic) bond motifs is 1. The summed E-state index contributed by atoms with van der Waals surface area (Å²) in [4.78, 5) is 18.6. The first-order chi connectivity index (χ1) is 9.78. The van der Waals surface area contributed by atoms with Crippen LogP contribution in [0.25, 0.3) is 0 Å². The van der Waals surface area contributed by atoms with Gasteiger partial charge in [-0.3, -0.25) is 9.18 Å². The number of aromatic nitrogens is 1. The third-order valence-electron chi connectivity index (χ3n) is 4.15. The summed E-state index contributed by atoms with van der Waals surface area (Å²) >= 11 is 0. The van der Waals surface area contributed by atoms with Gasteiger partial charge in [-0.05, 0) is 37.3 Å². The van der Waals surface area contributed by atoms with Crippen molar-refractivity contribution in [1.82, 2.24) is 9.88 Å². The van der Waals surface area contributed by atoms with Gasteiger partial charge in [0.2, 0.25) is 0 Å². The Kier molecular flexibility index (Phi) is 3.85. The molecule has 0 radical (unpaired) electrons. The Morgan fingerprint density at radius 2 is 2.40 bits per heavy atom. The van der Waals surface area contributed by atoms with Crippen LogP contribution in [-0.2, 0) is 6.42 Å². The van der Waals surface area contributed by atoms with E-state index < -0.39 is 0 Å². The van der Waals surface area contributed by atoms with Gasteiger partial charge in [-0.1, -0.05) is 0 Å². The van der Waals surface area contributed by atoms with Crippen LogP contribution in [0.3, 0.4) is 0 Å². The molecule has 5 heteroatoms. The van der Waals surface area contributed by atoms with Crippen molar-refractivity contribution in [2.75, 3.05) is 31.6 Å². The van der Waals surface area contributed by atoms with Crippen LogP contribution < -0.4 is 5.32 Å². The van der Waals surface area contributed by atoms with E-state index in [2.05, 4.69) is 10.3 Å². The highest BCUT2D eigenvalue weighted by molar-refractivity contribution is 5.94. The molecular weight excluding hydrogens is 257 g/mol. The molecule has 1 aromatic rings. The Morgan fingerprint density at radius 3 is 3.25 bits per heavy atom. The second-order valence-electron chi connectivity index (χ2n) is 5.68. The molecule has 1 atom stereocenters. The molecule has 1 amide bonds. The van der Waals surface area contributed by atoms with E-state index in [1.807, 2.05) is 6.07 Å². The molecule has 0 aliphatic carbocycles. The molecule has 2 aliphatic rings. The van der Waals surface area contributed by atoms with Crippen molar-refractivity contribution in [3.05, 3.63) is 23.4 Å². The minimum Gasteiger partial charge on any atom is -0.370 e. The number of alkyl halides is 1. The van der Waals surface area contributed by atoms with Crippen LogP contribution in [0.1, 0.15) is 35.2 Å². The van der Waals surface area contributed by atoms with Gasteiger partial charge in [0.15, 0.2) is 0 Å². The van der Waals surface area contributed by atoms with Crippen LogP contribution in [0, 0.1) is 5.92 Å². The number of piperidine rings is 1. The number of carbonyl (C=O) groups is 1. The molecule has 1 saturated heterocycles. The number of nitrogens with one attached hydrogen (secondary N) is 1. The number of rotatable bonds is 2. The first-order valence-electron chi connectivity index (χ1n) is 7.36. The van der Waals surface area contributed by atoms with Crippen LogP contribution in [-0.4, -0.2) is 42.1 Å². The van der Waals surface area contributed by atoms with Gasteiger partial charge in [0.1, 0.15) is 5.82 Å². The largest absolute Gasteiger partial charge is 0.370 e. The summed E-state index contributed by atoms with van der Waals surface area (Å²) in [5.74, 6) is 0.886. The molecule has 108 valence electrons. The second-order valence-corrected chi connectivity index (χ2v) is 5.68. The number of amides is 1. The van der Waals surface area contributed by atoms with Crippen LogP contribution in [0.4, 0.5) is 10.2 Å². The Hall–Kier alpha value is -1.65. The lowest BCUT2D eigenvalue weighted by Gasteiger charge is -2.31. The Bertz CT molecular complexity index is 506. The fourth-order valence-corrected chi connectivity index (χ4v) is 3.02. The topological polar surface area (TPSA) is 45.2 Å². The van der Waals surface area contributed by atoms with Gasteiger partial charge >= 0.3 is 0 Å². The number of halogens is 1. The molecule has 3 rings (SSSR count). The maximum absolute atomic E-state index is 12.8. The number of carbonyl (C=O) groups excluding carboxylic acids is 1. The minimum absolute atomic E-state index is 0.0000434. The number of hydrogen-bond donors (Lipinski definition) is 1. The number of pyridine rings is 1. The molecule has 1 fully saturated rings. The molecular formula is C15H20FN3O. The maximum atomic E-state index is 12.8. The summed E-state index contributed by atoms with van der Waals surface area (Å²) in [6.07, 6.45) is 5.44. The average Bonchev–Trinajstić information content (AvgIpc) is 2.53. The van der Waals surface area contributed by atoms with Crippen molar-refractivity contribution in [1.29, 1.82) is 0 Å². The predicted molar refractivity (Wildman–Crippen MR) is 75.7 cm³/mol. The molecule has 0 aromatic carbocycles. The molecule has 0 saturated carbocycles. The SMILES string of the molecule is O=C(c1cnc2c(c1)CCCN2)N1CCC[C@@H](CF)C1. The summed E-state index contributed by atoms with van der Waals surface area (Å²) in [6, 6.07) is 1.94. The van der Waals surface area contributed by atoms with Gasteiger partial charge in [-0.25, -0.2) is 4.98 Å². The van der Waals surface area contributed by atoms with Crippen molar-refractivity contribution in [2.45, 2.75) is 25.7 Å². The van der Waals surface area contributed by atoms with E-state index in [0.29, 0.717) is 12.1 Å². The zero-order valence-corrected chi connectivity index (χ0v) is 11.6. The van der Waals surface area contributed by atoms with Crippen molar-refractivity contribution in [3.63, 3.8) is 0 Å². The number of hydrogen-bond acceptors (Lipinski definition) is 3. The molecule has 4 nitrogen and oxygen atoms in total. The Labute approximate surface area is 118 Å². The normalized spacial score (nSPS) is 22.1. The highest BCUT2D eigenvalue weighted by atomic mass is 19.1. The first-order valence-corrected chi connectivity index (χ1v) is 7.36. The first kappa shape index (κ1) is 13.3. The van der Waals surface area contributed by atoms with Crippen molar-refractivity contribution < 1.29 is 9.18 Å². The Morgan fingerprint density at radius 1 is 1.50 bits per heavy atom. The monoisotopic (exact) mass is 277 g/mol. The van der Waals surface area contributed by atoms with E-state index in [9.17, 15) is 9.18 Å². The molecule has 2 aliphatic heterocycles.